The Hall–Kier alpha value is -1.81. The predicted molar refractivity (Wildman–Crippen MR) is 69.1 cm³/mol. The molecule has 0 aliphatic rings. The second-order valence-electron chi connectivity index (χ2n) is 4.37. The van der Waals surface area contributed by atoms with Gasteiger partial charge in [0, 0.05) is 25.0 Å². The lowest BCUT2D eigenvalue weighted by Gasteiger charge is -2.06. The van der Waals surface area contributed by atoms with Gasteiger partial charge in [-0.2, -0.15) is 0 Å². The molecule has 1 aromatic heterocycles. The summed E-state index contributed by atoms with van der Waals surface area (Å²) >= 11 is 0. The Labute approximate surface area is 106 Å². The van der Waals surface area contributed by atoms with E-state index < -0.39 is 0 Å². The van der Waals surface area contributed by atoms with Gasteiger partial charge in [-0.05, 0) is 36.2 Å². The summed E-state index contributed by atoms with van der Waals surface area (Å²) in [6.07, 6.45) is 3.92. The number of benzene rings is 1. The molecule has 0 spiro atoms. The first kappa shape index (κ1) is 12.6. The van der Waals surface area contributed by atoms with Crippen molar-refractivity contribution in [1.29, 1.82) is 0 Å². The highest BCUT2D eigenvalue weighted by Gasteiger charge is 2.05. The molecule has 0 saturated carbocycles. The highest BCUT2D eigenvalue weighted by molar-refractivity contribution is 5.29. The van der Waals surface area contributed by atoms with Crippen LogP contribution >= 0.6 is 0 Å². The van der Waals surface area contributed by atoms with E-state index in [9.17, 15) is 4.39 Å². The third-order valence-corrected chi connectivity index (χ3v) is 2.88. The van der Waals surface area contributed by atoms with Crippen LogP contribution in [-0.2, 0) is 6.54 Å². The maximum absolute atomic E-state index is 13.5. The number of halogens is 1. The fourth-order valence-corrected chi connectivity index (χ4v) is 1.85. The third kappa shape index (κ3) is 2.71. The van der Waals surface area contributed by atoms with Crippen molar-refractivity contribution >= 4 is 0 Å². The van der Waals surface area contributed by atoms with Crippen LogP contribution < -0.4 is 10.5 Å². The molecule has 1 atom stereocenters. The lowest BCUT2D eigenvalue weighted by atomic mass is 10.2. The van der Waals surface area contributed by atoms with Gasteiger partial charge in [0.25, 0.3) is 0 Å². The maximum Gasteiger partial charge on any atom is 0.165 e. The van der Waals surface area contributed by atoms with Crippen molar-refractivity contribution in [2.45, 2.75) is 19.5 Å². The van der Waals surface area contributed by atoms with Crippen LogP contribution in [0, 0.1) is 5.82 Å². The molecule has 0 fully saturated rings. The summed E-state index contributed by atoms with van der Waals surface area (Å²) in [6, 6.07) is 6.97. The summed E-state index contributed by atoms with van der Waals surface area (Å²) in [4.78, 5) is 0. The number of hydrogen-bond donors (Lipinski definition) is 1. The van der Waals surface area contributed by atoms with Gasteiger partial charge in [0.2, 0.25) is 0 Å². The first-order valence-electron chi connectivity index (χ1n) is 5.84. The maximum atomic E-state index is 13.5. The molecule has 18 heavy (non-hydrogen) atoms. The lowest BCUT2D eigenvalue weighted by molar-refractivity contribution is 0.386. The largest absolute Gasteiger partial charge is 0.494 e. The van der Waals surface area contributed by atoms with Gasteiger partial charge in [-0.15, -0.1) is 0 Å². The molecule has 0 amide bonds. The minimum absolute atomic E-state index is 0.0128. The fourth-order valence-electron chi connectivity index (χ4n) is 1.85. The molecule has 0 bridgehead atoms. The third-order valence-electron chi connectivity index (χ3n) is 2.88. The normalized spacial score (nSPS) is 12.4. The zero-order valence-electron chi connectivity index (χ0n) is 10.6. The number of rotatable bonds is 4. The molecule has 1 unspecified atom stereocenters. The Bertz CT molecular complexity index is 534. The number of ether oxygens (including phenoxy) is 1. The Kier molecular flexibility index (Phi) is 3.67. The van der Waals surface area contributed by atoms with Crippen molar-refractivity contribution in [3.05, 3.63) is 53.6 Å². The van der Waals surface area contributed by atoms with Crippen LogP contribution in [0.4, 0.5) is 4.39 Å². The van der Waals surface area contributed by atoms with Crippen LogP contribution in [0.5, 0.6) is 5.75 Å². The van der Waals surface area contributed by atoms with E-state index >= 15 is 0 Å². The van der Waals surface area contributed by atoms with E-state index in [0.717, 1.165) is 11.1 Å². The minimum Gasteiger partial charge on any atom is -0.494 e. The highest BCUT2D eigenvalue weighted by Crippen LogP contribution is 2.19. The number of nitrogens with two attached hydrogens (primary N) is 1. The van der Waals surface area contributed by atoms with Crippen LogP contribution in [0.15, 0.2) is 36.7 Å². The van der Waals surface area contributed by atoms with E-state index in [2.05, 4.69) is 0 Å². The second-order valence-corrected chi connectivity index (χ2v) is 4.37. The number of aromatic nitrogens is 1. The van der Waals surface area contributed by atoms with Gasteiger partial charge in [-0.1, -0.05) is 6.07 Å². The zero-order valence-corrected chi connectivity index (χ0v) is 10.6. The number of methoxy groups -OCH3 is 1. The molecule has 2 rings (SSSR count). The van der Waals surface area contributed by atoms with Crippen molar-refractivity contribution in [2.24, 2.45) is 5.73 Å². The van der Waals surface area contributed by atoms with Gasteiger partial charge >= 0.3 is 0 Å². The van der Waals surface area contributed by atoms with Gasteiger partial charge in [-0.25, -0.2) is 4.39 Å². The average Bonchev–Trinajstić information content (AvgIpc) is 2.78. The minimum atomic E-state index is -0.338. The molecule has 0 saturated heterocycles. The summed E-state index contributed by atoms with van der Waals surface area (Å²) in [6.45, 7) is 2.56. The Morgan fingerprint density at radius 2 is 2.17 bits per heavy atom. The van der Waals surface area contributed by atoms with E-state index in [1.807, 2.05) is 36.0 Å². The first-order valence-corrected chi connectivity index (χ1v) is 5.84. The molecule has 2 N–H and O–H groups in total. The quantitative estimate of drug-likeness (QED) is 0.903. The lowest BCUT2D eigenvalue weighted by Crippen LogP contribution is -2.04. The van der Waals surface area contributed by atoms with Crippen molar-refractivity contribution in [3.63, 3.8) is 0 Å². The molecule has 0 aliphatic carbocycles. The van der Waals surface area contributed by atoms with Crippen LogP contribution in [0.1, 0.15) is 24.1 Å². The number of nitrogens with zero attached hydrogens (tertiary/aromatic N) is 1. The molecule has 96 valence electrons. The SMILES string of the molecule is COc1ccc(Cn2ccc(C(C)N)c2)cc1F. The van der Waals surface area contributed by atoms with E-state index in [4.69, 9.17) is 10.5 Å². The van der Waals surface area contributed by atoms with Crippen LogP contribution in [0.25, 0.3) is 0 Å². The van der Waals surface area contributed by atoms with E-state index in [1.54, 1.807) is 6.07 Å². The van der Waals surface area contributed by atoms with Crippen LogP contribution in [-0.4, -0.2) is 11.7 Å². The predicted octanol–water partition coefficient (Wildman–Crippen LogP) is 2.70. The molecule has 4 heteroatoms. The topological polar surface area (TPSA) is 40.2 Å². The van der Waals surface area contributed by atoms with Crippen LogP contribution in [0.2, 0.25) is 0 Å². The van der Waals surface area contributed by atoms with Crippen molar-refractivity contribution in [2.75, 3.05) is 7.11 Å². The molecule has 3 nitrogen and oxygen atoms in total. The van der Waals surface area contributed by atoms with E-state index in [1.165, 1.54) is 13.2 Å². The van der Waals surface area contributed by atoms with Gasteiger partial charge < -0.3 is 15.0 Å². The smallest absolute Gasteiger partial charge is 0.165 e. The standard InChI is InChI=1S/C14H17FN2O/c1-10(16)12-5-6-17(9-12)8-11-3-4-14(18-2)13(15)7-11/h3-7,9-10H,8,16H2,1-2H3. The Morgan fingerprint density at radius 1 is 1.39 bits per heavy atom. The molecular weight excluding hydrogens is 231 g/mol. The summed E-state index contributed by atoms with van der Waals surface area (Å²) in [7, 11) is 1.46. The van der Waals surface area contributed by atoms with Crippen molar-refractivity contribution < 1.29 is 9.13 Å². The summed E-state index contributed by atoms with van der Waals surface area (Å²) in [5.74, 6) is -0.0721. The zero-order chi connectivity index (χ0) is 13.1. The summed E-state index contributed by atoms with van der Waals surface area (Å²) in [5.41, 5.74) is 7.75. The summed E-state index contributed by atoms with van der Waals surface area (Å²) in [5, 5.41) is 0. The van der Waals surface area contributed by atoms with E-state index in [0.29, 0.717) is 6.54 Å². The first-order chi connectivity index (χ1) is 8.60. The van der Waals surface area contributed by atoms with Gasteiger partial charge in [0.15, 0.2) is 11.6 Å². The summed E-state index contributed by atoms with van der Waals surface area (Å²) < 4.78 is 20.4. The van der Waals surface area contributed by atoms with Gasteiger partial charge in [0.05, 0.1) is 7.11 Å². The fraction of sp³-hybridized carbons (Fsp3) is 0.286. The molecule has 2 aromatic rings. The monoisotopic (exact) mass is 248 g/mol. The van der Waals surface area contributed by atoms with Crippen molar-refractivity contribution in [1.82, 2.24) is 4.57 Å². The molecular formula is C14H17FN2O. The molecule has 1 heterocycles. The van der Waals surface area contributed by atoms with Gasteiger partial charge in [0.1, 0.15) is 0 Å². The second kappa shape index (κ2) is 5.23. The van der Waals surface area contributed by atoms with Crippen molar-refractivity contribution in [3.8, 4) is 5.75 Å². The molecule has 0 aliphatic heterocycles. The van der Waals surface area contributed by atoms with E-state index in [-0.39, 0.29) is 17.6 Å². The molecule has 1 aromatic carbocycles. The Morgan fingerprint density at radius 3 is 2.72 bits per heavy atom. The molecule has 0 radical (unpaired) electrons. The van der Waals surface area contributed by atoms with Crippen LogP contribution in [0.3, 0.4) is 0 Å². The average molecular weight is 248 g/mol. The van der Waals surface area contributed by atoms with Gasteiger partial charge in [-0.3, -0.25) is 0 Å². The Balaban J connectivity index is 2.15. The number of hydrogen-bond acceptors (Lipinski definition) is 2. The highest BCUT2D eigenvalue weighted by atomic mass is 19.1.